The van der Waals surface area contributed by atoms with E-state index >= 15 is 0 Å². The molecule has 1 heterocycles. The molecule has 0 radical (unpaired) electrons. The number of benzene rings is 1. The van der Waals surface area contributed by atoms with Crippen molar-refractivity contribution in [1.29, 1.82) is 10.5 Å². The maximum atomic E-state index is 9.18. The second-order valence-electron chi connectivity index (χ2n) is 7.57. The Labute approximate surface area is 162 Å². The van der Waals surface area contributed by atoms with E-state index in [0.717, 1.165) is 37.8 Å². The average Bonchev–Trinajstić information content (AvgIpc) is 3.12. The lowest BCUT2D eigenvalue weighted by Crippen LogP contribution is -2.20. The monoisotopic (exact) mass is 357 g/mol. The van der Waals surface area contributed by atoms with Crippen LogP contribution in [0.1, 0.15) is 56.9 Å². The van der Waals surface area contributed by atoms with E-state index in [1.54, 1.807) is 0 Å². The van der Waals surface area contributed by atoms with Crippen LogP contribution in [-0.4, -0.2) is 17.5 Å². The summed E-state index contributed by atoms with van der Waals surface area (Å²) in [6, 6.07) is 15.3. The maximum Gasteiger partial charge on any atom is 0.132 e. The van der Waals surface area contributed by atoms with Crippen molar-refractivity contribution < 1.29 is 0 Å². The summed E-state index contributed by atoms with van der Waals surface area (Å²) in [5.41, 5.74) is 3.83. The Morgan fingerprint density at radius 1 is 1.19 bits per heavy atom. The highest BCUT2D eigenvalue weighted by atomic mass is 15.1. The Balaban J connectivity index is 1.83. The van der Waals surface area contributed by atoms with Crippen molar-refractivity contribution in [3.05, 3.63) is 71.0 Å². The molecule has 0 spiro atoms. The molecule has 1 aliphatic heterocycles. The lowest BCUT2D eigenvalue weighted by Gasteiger charge is -2.22. The molecular weight excluding hydrogens is 330 g/mol. The molecule has 1 aromatic carbocycles. The van der Waals surface area contributed by atoms with Gasteiger partial charge in [-0.2, -0.15) is 10.5 Å². The summed E-state index contributed by atoms with van der Waals surface area (Å²) in [4.78, 5) is 2.44. The first-order valence-electron chi connectivity index (χ1n) is 9.93. The molecule has 1 aromatic rings. The molecule has 27 heavy (non-hydrogen) atoms. The Hall–Kier alpha value is -2.78. The zero-order valence-electron chi connectivity index (χ0n) is 16.1. The van der Waals surface area contributed by atoms with Crippen molar-refractivity contribution in [2.75, 3.05) is 6.54 Å². The van der Waals surface area contributed by atoms with Crippen molar-refractivity contribution in [1.82, 2.24) is 4.90 Å². The molecule has 0 amide bonds. The van der Waals surface area contributed by atoms with E-state index in [4.69, 9.17) is 0 Å². The Morgan fingerprint density at radius 2 is 1.96 bits per heavy atom. The fourth-order valence-electron chi connectivity index (χ4n) is 4.09. The summed E-state index contributed by atoms with van der Waals surface area (Å²) in [6.07, 6.45) is 13.1. The van der Waals surface area contributed by atoms with Crippen molar-refractivity contribution in [2.45, 2.75) is 57.4 Å². The molecule has 0 unspecified atom stereocenters. The largest absolute Gasteiger partial charge is 0.375 e. The van der Waals surface area contributed by atoms with Crippen LogP contribution in [0.4, 0.5) is 0 Å². The third kappa shape index (κ3) is 4.89. The van der Waals surface area contributed by atoms with Crippen LogP contribution in [-0.2, 0) is 0 Å². The molecule has 0 saturated carbocycles. The molecular formula is C24H27N3. The molecule has 3 rings (SSSR count). The number of nitrogens with zero attached hydrogens (tertiary/aromatic N) is 3. The molecule has 1 fully saturated rings. The predicted octanol–water partition coefficient (Wildman–Crippen LogP) is 5.61. The first kappa shape index (κ1) is 19.0. The van der Waals surface area contributed by atoms with E-state index in [9.17, 15) is 10.5 Å². The van der Waals surface area contributed by atoms with Gasteiger partial charge >= 0.3 is 0 Å². The van der Waals surface area contributed by atoms with Gasteiger partial charge in [-0.3, -0.25) is 0 Å². The minimum absolute atomic E-state index is 0.268. The number of allylic oxidation sites excluding steroid dienone is 5. The van der Waals surface area contributed by atoms with Gasteiger partial charge in [-0.15, -0.1) is 0 Å². The van der Waals surface area contributed by atoms with Crippen LogP contribution in [0.25, 0.3) is 0 Å². The number of nitriles is 2. The number of hydrogen-bond acceptors (Lipinski definition) is 3. The highest BCUT2D eigenvalue weighted by molar-refractivity contribution is 5.47. The summed E-state index contributed by atoms with van der Waals surface area (Å²) >= 11 is 0. The zero-order chi connectivity index (χ0) is 19.1. The molecule has 3 heteroatoms. The summed E-state index contributed by atoms with van der Waals surface area (Å²) in [6.45, 7) is 3.43. The molecule has 2 aliphatic rings. The fraction of sp³-hybridized carbons (Fsp3) is 0.417. The molecule has 0 bridgehead atoms. The van der Waals surface area contributed by atoms with Crippen molar-refractivity contribution in [2.24, 2.45) is 0 Å². The van der Waals surface area contributed by atoms with Gasteiger partial charge < -0.3 is 4.90 Å². The molecule has 1 aliphatic carbocycles. The third-order valence-corrected chi connectivity index (χ3v) is 5.69. The van der Waals surface area contributed by atoms with Gasteiger partial charge in [0.1, 0.15) is 17.7 Å². The predicted molar refractivity (Wildman–Crippen MR) is 109 cm³/mol. The fourth-order valence-corrected chi connectivity index (χ4v) is 4.09. The lowest BCUT2D eigenvalue weighted by atomic mass is 9.85. The van der Waals surface area contributed by atoms with Crippen LogP contribution in [0.15, 0.2) is 65.4 Å². The average molecular weight is 358 g/mol. The molecule has 3 nitrogen and oxygen atoms in total. The number of rotatable bonds is 5. The maximum absolute atomic E-state index is 9.18. The van der Waals surface area contributed by atoms with Crippen molar-refractivity contribution in [3.63, 3.8) is 0 Å². The molecule has 1 saturated heterocycles. The summed E-state index contributed by atoms with van der Waals surface area (Å²) < 4.78 is 0. The first-order valence-corrected chi connectivity index (χ1v) is 9.93. The smallest absolute Gasteiger partial charge is 0.132 e. The van der Waals surface area contributed by atoms with Crippen LogP contribution in [0, 0.1) is 22.7 Å². The van der Waals surface area contributed by atoms with Crippen LogP contribution in [0.3, 0.4) is 0 Å². The minimum Gasteiger partial charge on any atom is -0.375 e. The van der Waals surface area contributed by atoms with Gasteiger partial charge in [0, 0.05) is 18.5 Å². The van der Waals surface area contributed by atoms with Gasteiger partial charge in [0.05, 0.1) is 0 Å². The Bertz CT molecular complexity index is 801. The van der Waals surface area contributed by atoms with Crippen molar-refractivity contribution in [3.8, 4) is 12.1 Å². The van der Waals surface area contributed by atoms with Gasteiger partial charge in [0.2, 0.25) is 0 Å². The SMILES string of the molecule is C[C@@H]1CCCN1/C=C/[C@H](CC1=CC(=C(C#N)C#N)CCC1)c1ccccc1. The highest BCUT2D eigenvalue weighted by Gasteiger charge is 2.19. The van der Waals surface area contributed by atoms with Crippen LogP contribution in [0.5, 0.6) is 0 Å². The summed E-state index contributed by atoms with van der Waals surface area (Å²) in [5.74, 6) is 0.317. The van der Waals surface area contributed by atoms with E-state index in [2.05, 4.69) is 60.5 Å². The quantitative estimate of drug-likeness (QED) is 0.643. The van der Waals surface area contributed by atoms with Crippen LogP contribution >= 0.6 is 0 Å². The van der Waals surface area contributed by atoms with Crippen molar-refractivity contribution >= 4 is 0 Å². The zero-order valence-corrected chi connectivity index (χ0v) is 16.1. The van der Waals surface area contributed by atoms with E-state index in [-0.39, 0.29) is 5.57 Å². The second kappa shape index (κ2) is 9.24. The minimum atomic E-state index is 0.268. The standard InChI is InChI=1S/C24H27N3/c1-19-7-6-13-27(19)14-12-23(21-9-3-2-4-10-21)16-20-8-5-11-22(15-20)24(17-25)18-26/h2-4,9-10,12,14-15,19,23H,5-8,11,13,16H2,1H3/b14-12+/t19-,23-/m1/s1. The molecule has 138 valence electrons. The number of likely N-dealkylation sites (tertiary alicyclic amines) is 1. The number of hydrogen-bond donors (Lipinski definition) is 0. The van der Waals surface area contributed by atoms with E-state index < -0.39 is 0 Å². The summed E-state index contributed by atoms with van der Waals surface area (Å²) in [5, 5.41) is 18.4. The van der Waals surface area contributed by atoms with E-state index in [0.29, 0.717) is 12.0 Å². The van der Waals surface area contributed by atoms with Gasteiger partial charge in [-0.1, -0.05) is 48.1 Å². The Kier molecular flexibility index (Phi) is 6.50. The first-order chi connectivity index (χ1) is 13.2. The summed E-state index contributed by atoms with van der Waals surface area (Å²) in [7, 11) is 0. The van der Waals surface area contributed by atoms with Crippen LogP contribution in [0.2, 0.25) is 0 Å². The molecule has 0 aromatic heterocycles. The molecule has 2 atom stereocenters. The highest BCUT2D eigenvalue weighted by Crippen LogP contribution is 2.33. The van der Waals surface area contributed by atoms with Gasteiger partial charge in [-0.25, -0.2) is 0 Å². The Morgan fingerprint density at radius 3 is 2.63 bits per heavy atom. The van der Waals surface area contributed by atoms with Gasteiger partial charge in [0.25, 0.3) is 0 Å². The van der Waals surface area contributed by atoms with Gasteiger partial charge in [0.15, 0.2) is 0 Å². The van der Waals surface area contributed by atoms with Crippen LogP contribution < -0.4 is 0 Å². The normalized spacial score (nSPS) is 20.9. The van der Waals surface area contributed by atoms with Gasteiger partial charge in [-0.05, 0) is 62.8 Å². The van der Waals surface area contributed by atoms with E-state index in [1.807, 2.05) is 12.1 Å². The lowest BCUT2D eigenvalue weighted by molar-refractivity contribution is 0.370. The second-order valence-corrected chi connectivity index (χ2v) is 7.57. The van der Waals surface area contributed by atoms with E-state index in [1.165, 1.54) is 24.0 Å². The topological polar surface area (TPSA) is 50.8 Å². The third-order valence-electron chi connectivity index (χ3n) is 5.69. The molecule has 0 N–H and O–H groups in total.